The van der Waals surface area contributed by atoms with Crippen molar-refractivity contribution in [2.24, 2.45) is 0 Å². The van der Waals surface area contributed by atoms with E-state index in [4.69, 9.17) is 17.8 Å². The Morgan fingerprint density at radius 2 is 1.24 bits per heavy atom. The van der Waals surface area contributed by atoms with Crippen molar-refractivity contribution in [3.63, 3.8) is 0 Å². The van der Waals surface area contributed by atoms with Crippen LogP contribution >= 0.6 is 31.9 Å². The van der Waals surface area contributed by atoms with Crippen LogP contribution in [0.5, 0.6) is 23.0 Å². The van der Waals surface area contributed by atoms with E-state index in [1.54, 1.807) is 42.5 Å². The molecule has 0 saturated carbocycles. The van der Waals surface area contributed by atoms with E-state index in [0.717, 1.165) is 8.95 Å². The first-order valence-corrected chi connectivity index (χ1v) is 17.1. The van der Waals surface area contributed by atoms with E-state index in [1.807, 2.05) is 12.1 Å². The first kappa shape index (κ1) is 31.8. The van der Waals surface area contributed by atoms with Crippen molar-refractivity contribution in [3.05, 3.63) is 116 Å². The minimum atomic E-state index is -5.12. The van der Waals surface area contributed by atoms with Gasteiger partial charge in [0.15, 0.2) is 9.80 Å². The average Bonchev–Trinajstić information content (AvgIpc) is 3.38. The summed E-state index contributed by atoms with van der Waals surface area (Å²) in [5.74, 6) is 0.967. The van der Waals surface area contributed by atoms with Gasteiger partial charge in [-0.2, -0.15) is 22.0 Å². The molecule has 4 atom stereocenters. The maximum Gasteiger partial charge on any atom is 0.508 e. The van der Waals surface area contributed by atoms with E-state index in [9.17, 15) is 30.4 Å². The number of halogens is 7. The summed E-state index contributed by atoms with van der Waals surface area (Å²) < 4.78 is 116. The first-order chi connectivity index (χ1) is 21.0. The molecule has 6 nitrogen and oxygen atoms in total. The van der Waals surface area contributed by atoms with Crippen LogP contribution in [-0.2, 0) is 32.1 Å². The zero-order chi connectivity index (χ0) is 32.6. The summed E-state index contributed by atoms with van der Waals surface area (Å²) in [6.45, 7) is 0.439. The van der Waals surface area contributed by atoms with E-state index in [2.05, 4.69) is 37.7 Å². The zero-order valence-electron chi connectivity index (χ0n) is 22.7. The second-order valence-electron chi connectivity index (χ2n) is 10.2. The van der Waals surface area contributed by atoms with Crippen molar-refractivity contribution in [1.29, 1.82) is 0 Å². The van der Waals surface area contributed by atoms with Gasteiger partial charge in [-0.25, -0.2) is 8.42 Å². The van der Waals surface area contributed by atoms with Crippen LogP contribution in [0, 0.1) is 0 Å². The fourth-order valence-electron chi connectivity index (χ4n) is 5.45. The topological polar surface area (TPSA) is 71.1 Å². The molecule has 15 heteroatoms. The summed E-state index contributed by atoms with van der Waals surface area (Å²) in [5.41, 5.74) is -4.43. The Morgan fingerprint density at radius 1 is 0.778 bits per heavy atom. The Labute approximate surface area is 273 Å². The van der Waals surface area contributed by atoms with E-state index in [0.29, 0.717) is 29.2 Å². The van der Waals surface area contributed by atoms with E-state index in [1.165, 1.54) is 30.3 Å². The third kappa shape index (κ3) is 5.11. The van der Waals surface area contributed by atoms with Crippen LogP contribution in [0.4, 0.5) is 22.0 Å². The van der Waals surface area contributed by atoms with Gasteiger partial charge in [0.2, 0.25) is 0 Å². The van der Waals surface area contributed by atoms with Crippen molar-refractivity contribution in [1.82, 2.24) is 0 Å². The van der Waals surface area contributed by atoms with E-state index in [-0.39, 0.29) is 23.0 Å². The van der Waals surface area contributed by atoms with Crippen LogP contribution in [0.15, 0.2) is 93.9 Å². The summed E-state index contributed by atoms with van der Waals surface area (Å²) in [6, 6.07) is 22.3. The largest absolute Gasteiger partial charge is 0.508 e. The van der Waals surface area contributed by atoms with Crippen LogP contribution in [0.3, 0.4) is 0 Å². The Hall–Kier alpha value is -3.14. The molecular formula is C30H19Br2F5O6S2. The molecule has 2 aliphatic rings. The number of fused-ring (bicyclic) bond motifs is 5. The molecule has 2 heterocycles. The van der Waals surface area contributed by atoms with Gasteiger partial charge in [-0.15, -0.1) is 0 Å². The molecule has 0 radical (unpaired) electrons. The molecule has 4 unspecified atom stereocenters. The second kappa shape index (κ2) is 10.7. The highest BCUT2D eigenvalue weighted by molar-refractivity contribution is 9.10. The van der Waals surface area contributed by atoms with Gasteiger partial charge >= 0.3 is 21.8 Å². The summed E-state index contributed by atoms with van der Waals surface area (Å²) in [6.07, 6.45) is 0. The smallest absolute Gasteiger partial charge is 0.446 e. The number of hydrogen-bond donors (Lipinski definition) is 0. The van der Waals surface area contributed by atoms with Gasteiger partial charge in [-0.05, 0) is 47.8 Å². The lowest BCUT2D eigenvalue weighted by molar-refractivity contribution is -0.119. The summed E-state index contributed by atoms with van der Waals surface area (Å²) in [7, 11) is -4.35. The highest BCUT2D eigenvalue weighted by Crippen LogP contribution is 2.67. The predicted octanol–water partition coefficient (Wildman–Crippen LogP) is 8.37. The van der Waals surface area contributed by atoms with Crippen molar-refractivity contribution in [2.45, 2.75) is 28.9 Å². The number of benzene rings is 4. The van der Waals surface area contributed by atoms with Crippen LogP contribution in [0.2, 0.25) is 0 Å². The summed E-state index contributed by atoms with van der Waals surface area (Å²) >= 11 is 3.22. The standard InChI is InChI=1S/C30H19Br2F5O6S2/c1-27(33,34)45(2,39)43-22-12-14-24-26(16-22)41-29(18-5-9-20(32)10-6-18)28(24,17-3-7-19(31)8-4-17)23-13-11-21(15-25(23)40-29)42-44(38)30(35,36)37/h3-16H,2H2,1H3. The van der Waals surface area contributed by atoms with Gasteiger partial charge < -0.3 is 17.8 Å². The molecule has 0 amide bonds. The maximum atomic E-state index is 14.0. The normalized spacial score (nSPS) is 22.2. The fourth-order valence-corrected chi connectivity index (χ4v) is 6.91. The van der Waals surface area contributed by atoms with Gasteiger partial charge in [0.05, 0.1) is 0 Å². The molecule has 0 fully saturated rings. The van der Waals surface area contributed by atoms with Gasteiger partial charge in [0.25, 0.3) is 5.79 Å². The number of alkyl halides is 5. The number of rotatable bonds is 7. The minimum Gasteiger partial charge on any atom is -0.446 e. The Morgan fingerprint density at radius 3 is 1.73 bits per heavy atom. The van der Waals surface area contributed by atoms with Gasteiger partial charge in [-0.1, -0.05) is 68.3 Å². The van der Waals surface area contributed by atoms with Crippen molar-refractivity contribution < 1.29 is 48.2 Å². The van der Waals surface area contributed by atoms with Crippen LogP contribution in [0.25, 0.3) is 0 Å². The highest BCUT2D eigenvalue weighted by Gasteiger charge is 2.70. The second-order valence-corrected chi connectivity index (χ2v) is 15.2. The predicted molar refractivity (Wildman–Crippen MR) is 165 cm³/mol. The lowest BCUT2D eigenvalue weighted by Crippen LogP contribution is -2.50. The lowest BCUT2D eigenvalue weighted by Gasteiger charge is -2.38. The summed E-state index contributed by atoms with van der Waals surface area (Å²) in [5, 5.41) is -3.75. The van der Waals surface area contributed by atoms with E-state index < -0.39 is 42.8 Å². The molecule has 236 valence electrons. The van der Waals surface area contributed by atoms with E-state index >= 15 is 0 Å². The Bertz CT molecular complexity index is 1950. The van der Waals surface area contributed by atoms with Crippen LogP contribution in [-0.4, -0.2) is 25.1 Å². The number of ether oxygens (including phenoxy) is 2. The fraction of sp³-hybridized carbons (Fsp3) is 0.167. The molecule has 6 rings (SSSR count). The van der Waals surface area contributed by atoms with Crippen molar-refractivity contribution in [3.8, 4) is 23.0 Å². The van der Waals surface area contributed by atoms with Crippen LogP contribution < -0.4 is 17.8 Å². The van der Waals surface area contributed by atoms with Gasteiger partial charge in [0.1, 0.15) is 28.4 Å². The molecule has 0 bridgehead atoms. The molecule has 4 aromatic rings. The molecule has 4 aromatic carbocycles. The first-order valence-electron chi connectivity index (χ1n) is 12.8. The molecular weight excluding hydrogens is 775 g/mol. The quantitative estimate of drug-likeness (QED) is 0.138. The third-order valence-corrected chi connectivity index (χ3v) is 10.7. The lowest BCUT2D eigenvalue weighted by atomic mass is 9.64. The number of hydrogen-bond acceptors (Lipinski definition) is 6. The minimum absolute atomic E-state index is 0.0786. The van der Waals surface area contributed by atoms with Gasteiger partial charge in [0, 0.05) is 44.7 Å². The molecule has 2 aliphatic heterocycles. The Kier molecular flexibility index (Phi) is 7.57. The molecule has 45 heavy (non-hydrogen) atoms. The van der Waals surface area contributed by atoms with Gasteiger partial charge in [-0.3, -0.25) is 0 Å². The third-order valence-electron chi connectivity index (χ3n) is 7.35. The van der Waals surface area contributed by atoms with Crippen molar-refractivity contribution in [2.75, 3.05) is 0 Å². The SMILES string of the molecule is C=S(=O)(Oc1ccc2c(c1)OC1(c3ccc(Br)cc3)Oc3cc(OS(=O)C(F)(F)F)ccc3C21c1ccc(Br)cc1)C(C)(F)F. The zero-order valence-corrected chi connectivity index (χ0v) is 27.5. The highest BCUT2D eigenvalue weighted by atomic mass is 79.9. The average molecular weight is 794 g/mol. The molecule has 0 N–H and O–H groups in total. The molecule has 0 saturated heterocycles. The monoisotopic (exact) mass is 792 g/mol. The Balaban J connectivity index is 1.61. The molecule has 0 aromatic heterocycles. The maximum absolute atomic E-state index is 14.0. The molecule has 0 aliphatic carbocycles. The van der Waals surface area contributed by atoms with Crippen LogP contribution in [0.1, 0.15) is 29.2 Å². The van der Waals surface area contributed by atoms with Crippen molar-refractivity contribution >= 4 is 58.6 Å². The summed E-state index contributed by atoms with van der Waals surface area (Å²) in [4.78, 5) is 0. The molecule has 0 spiro atoms.